The van der Waals surface area contributed by atoms with E-state index < -0.39 is 0 Å². The van der Waals surface area contributed by atoms with Crippen LogP contribution in [0.15, 0.2) is 22.7 Å². The maximum absolute atomic E-state index is 11.9. The highest BCUT2D eigenvalue weighted by Gasteiger charge is 2.12. The Hall–Kier alpha value is -3.23. The predicted octanol–water partition coefficient (Wildman–Crippen LogP) is 1.90. The molecule has 9 nitrogen and oxygen atoms in total. The van der Waals surface area contributed by atoms with Crippen LogP contribution in [0.2, 0.25) is 0 Å². The van der Waals surface area contributed by atoms with Crippen LogP contribution in [0.5, 0.6) is 5.88 Å². The molecule has 0 radical (unpaired) electrons. The largest absolute Gasteiger partial charge is 0.467 e. The average Bonchev–Trinajstić information content (AvgIpc) is 3.09. The third-order valence-corrected chi connectivity index (χ3v) is 3.26. The monoisotopic (exact) mass is 342 g/mol. The summed E-state index contributed by atoms with van der Waals surface area (Å²) in [5.74, 6) is 1.28. The lowest BCUT2D eigenvalue weighted by Crippen LogP contribution is -2.21. The van der Waals surface area contributed by atoms with Crippen molar-refractivity contribution in [1.82, 2.24) is 24.9 Å². The number of ether oxygens (including phenoxy) is 1. The van der Waals surface area contributed by atoms with E-state index in [0.717, 1.165) is 11.4 Å². The number of rotatable bonds is 5. The zero-order valence-corrected chi connectivity index (χ0v) is 14.4. The lowest BCUT2D eigenvalue weighted by molar-refractivity contribution is -0.118. The fourth-order valence-corrected chi connectivity index (χ4v) is 2.27. The van der Waals surface area contributed by atoms with Crippen molar-refractivity contribution in [3.05, 3.63) is 41.0 Å². The molecule has 0 aliphatic carbocycles. The van der Waals surface area contributed by atoms with E-state index in [2.05, 4.69) is 25.5 Å². The molecule has 3 aromatic rings. The summed E-state index contributed by atoms with van der Waals surface area (Å²) in [7, 11) is 0. The zero-order valence-electron chi connectivity index (χ0n) is 14.4. The first-order chi connectivity index (χ1) is 11.9. The molecular formula is C16H18N6O3. The van der Waals surface area contributed by atoms with Gasteiger partial charge in [0.05, 0.1) is 5.69 Å². The lowest BCUT2D eigenvalue weighted by Gasteiger charge is -2.08. The summed E-state index contributed by atoms with van der Waals surface area (Å²) in [4.78, 5) is 20.6. The molecule has 0 unspecified atom stereocenters. The second-order valence-corrected chi connectivity index (χ2v) is 5.65. The molecule has 0 saturated carbocycles. The van der Waals surface area contributed by atoms with Gasteiger partial charge in [0, 0.05) is 23.5 Å². The van der Waals surface area contributed by atoms with Crippen LogP contribution in [0.25, 0.3) is 5.95 Å². The highest BCUT2D eigenvalue weighted by atomic mass is 16.5. The first-order valence-corrected chi connectivity index (χ1v) is 7.66. The fraction of sp³-hybridized carbons (Fsp3) is 0.312. The van der Waals surface area contributed by atoms with E-state index in [1.807, 2.05) is 26.8 Å². The number of hydrogen-bond acceptors (Lipinski definition) is 7. The van der Waals surface area contributed by atoms with Crippen molar-refractivity contribution >= 4 is 11.7 Å². The SMILES string of the molecule is Cc1cc(OCC(=O)Nc2cc(C)on2)nc(-n2nc(C)cc2C)n1. The minimum atomic E-state index is -0.364. The Bertz CT molecular complexity index is 914. The summed E-state index contributed by atoms with van der Waals surface area (Å²) in [6.45, 7) is 7.16. The van der Waals surface area contributed by atoms with Crippen molar-refractivity contribution in [3.8, 4) is 11.8 Å². The van der Waals surface area contributed by atoms with Crippen LogP contribution in [0.1, 0.15) is 22.8 Å². The topological polar surface area (TPSA) is 108 Å². The minimum Gasteiger partial charge on any atom is -0.467 e. The number of aromatic nitrogens is 5. The summed E-state index contributed by atoms with van der Waals surface area (Å²) < 4.78 is 12.0. The van der Waals surface area contributed by atoms with Gasteiger partial charge in [-0.25, -0.2) is 9.67 Å². The molecule has 0 spiro atoms. The quantitative estimate of drug-likeness (QED) is 0.754. The average molecular weight is 342 g/mol. The molecule has 0 saturated heterocycles. The third-order valence-electron chi connectivity index (χ3n) is 3.26. The van der Waals surface area contributed by atoms with E-state index in [4.69, 9.17) is 9.26 Å². The Kier molecular flexibility index (Phi) is 4.46. The van der Waals surface area contributed by atoms with E-state index in [0.29, 0.717) is 29.1 Å². The van der Waals surface area contributed by atoms with Gasteiger partial charge in [0.2, 0.25) is 5.88 Å². The van der Waals surface area contributed by atoms with Crippen molar-refractivity contribution in [2.75, 3.05) is 11.9 Å². The first kappa shape index (κ1) is 16.6. The molecule has 0 aliphatic heterocycles. The van der Waals surface area contributed by atoms with Crippen molar-refractivity contribution in [2.24, 2.45) is 0 Å². The Labute approximate surface area is 144 Å². The van der Waals surface area contributed by atoms with Crippen molar-refractivity contribution < 1.29 is 14.1 Å². The molecule has 3 aromatic heterocycles. The number of aryl methyl sites for hydroxylation is 4. The molecule has 3 rings (SSSR count). The molecule has 0 aromatic carbocycles. The number of amides is 1. The van der Waals surface area contributed by atoms with Gasteiger partial charge in [-0.15, -0.1) is 0 Å². The number of carbonyl (C=O) groups is 1. The standard InChI is InChI=1S/C16H18N6O3/c1-9-6-15(19-16(17-9)22-11(3)5-10(2)20-22)24-8-14(23)18-13-7-12(4)25-21-13/h5-7H,8H2,1-4H3,(H,18,21,23). The molecule has 1 N–H and O–H groups in total. The van der Waals surface area contributed by atoms with Crippen molar-refractivity contribution in [3.63, 3.8) is 0 Å². The molecule has 130 valence electrons. The Morgan fingerprint density at radius 3 is 2.60 bits per heavy atom. The second kappa shape index (κ2) is 6.71. The smallest absolute Gasteiger partial charge is 0.263 e. The van der Waals surface area contributed by atoms with Gasteiger partial charge in [0.25, 0.3) is 11.9 Å². The maximum Gasteiger partial charge on any atom is 0.263 e. The highest BCUT2D eigenvalue weighted by molar-refractivity contribution is 5.90. The van der Waals surface area contributed by atoms with Crippen LogP contribution in [-0.2, 0) is 4.79 Å². The van der Waals surface area contributed by atoms with E-state index in [1.165, 1.54) is 0 Å². The number of hydrogen-bond donors (Lipinski definition) is 1. The molecular weight excluding hydrogens is 324 g/mol. The third kappa shape index (κ3) is 4.00. The minimum absolute atomic E-state index is 0.209. The maximum atomic E-state index is 11.9. The van der Waals surface area contributed by atoms with Crippen LogP contribution in [0.4, 0.5) is 5.82 Å². The van der Waals surface area contributed by atoms with Gasteiger partial charge in [0.1, 0.15) is 5.76 Å². The number of nitrogens with zero attached hydrogens (tertiary/aromatic N) is 5. The highest BCUT2D eigenvalue weighted by Crippen LogP contribution is 2.14. The van der Waals surface area contributed by atoms with Gasteiger partial charge in [-0.2, -0.15) is 10.1 Å². The lowest BCUT2D eigenvalue weighted by atomic mass is 10.4. The van der Waals surface area contributed by atoms with Gasteiger partial charge in [0.15, 0.2) is 12.4 Å². The van der Waals surface area contributed by atoms with Gasteiger partial charge in [-0.05, 0) is 33.8 Å². The molecule has 3 heterocycles. The number of anilines is 1. The van der Waals surface area contributed by atoms with E-state index in [9.17, 15) is 4.79 Å². The normalized spacial score (nSPS) is 10.7. The molecule has 25 heavy (non-hydrogen) atoms. The Balaban J connectivity index is 1.70. The summed E-state index contributed by atoms with van der Waals surface area (Å²) in [5.41, 5.74) is 2.49. The van der Waals surface area contributed by atoms with E-state index in [-0.39, 0.29) is 12.5 Å². The molecule has 9 heteroatoms. The van der Waals surface area contributed by atoms with Crippen LogP contribution in [0, 0.1) is 27.7 Å². The molecule has 0 atom stereocenters. The Morgan fingerprint density at radius 2 is 1.96 bits per heavy atom. The van der Waals surface area contributed by atoms with E-state index >= 15 is 0 Å². The first-order valence-electron chi connectivity index (χ1n) is 7.66. The van der Waals surface area contributed by atoms with Gasteiger partial charge >= 0.3 is 0 Å². The fourth-order valence-electron chi connectivity index (χ4n) is 2.27. The van der Waals surface area contributed by atoms with Crippen LogP contribution < -0.4 is 10.1 Å². The summed E-state index contributed by atoms with van der Waals surface area (Å²) >= 11 is 0. The van der Waals surface area contributed by atoms with Gasteiger partial charge < -0.3 is 14.6 Å². The van der Waals surface area contributed by atoms with Gasteiger partial charge in [-0.1, -0.05) is 5.16 Å². The number of nitrogens with one attached hydrogen (secondary N) is 1. The molecule has 0 bridgehead atoms. The number of carbonyl (C=O) groups excluding carboxylic acids is 1. The van der Waals surface area contributed by atoms with Crippen LogP contribution >= 0.6 is 0 Å². The van der Waals surface area contributed by atoms with Crippen molar-refractivity contribution in [2.45, 2.75) is 27.7 Å². The summed E-state index contributed by atoms with van der Waals surface area (Å²) in [6.07, 6.45) is 0. The van der Waals surface area contributed by atoms with Gasteiger partial charge in [-0.3, -0.25) is 4.79 Å². The summed E-state index contributed by atoms with van der Waals surface area (Å²) in [6, 6.07) is 5.20. The van der Waals surface area contributed by atoms with Crippen molar-refractivity contribution in [1.29, 1.82) is 0 Å². The molecule has 1 amide bonds. The Morgan fingerprint density at radius 1 is 1.16 bits per heavy atom. The van der Waals surface area contributed by atoms with E-state index in [1.54, 1.807) is 23.7 Å². The molecule has 0 aliphatic rings. The zero-order chi connectivity index (χ0) is 18.0. The van der Waals surface area contributed by atoms with Crippen LogP contribution in [-0.4, -0.2) is 37.4 Å². The molecule has 0 fully saturated rings. The predicted molar refractivity (Wildman–Crippen MR) is 88.7 cm³/mol. The van der Waals surface area contributed by atoms with Crippen LogP contribution in [0.3, 0.4) is 0 Å². The summed E-state index contributed by atoms with van der Waals surface area (Å²) in [5, 5.41) is 10.6. The second-order valence-electron chi connectivity index (χ2n) is 5.65.